The number of rotatable bonds is 8. The lowest BCUT2D eigenvalue weighted by Crippen LogP contribution is -2.32. The van der Waals surface area contributed by atoms with E-state index in [1.807, 2.05) is 0 Å². The standard InChI is InChI=1S/C18H22F3NO4/c19-12-4-5-13(14(8-12)26-11-15(20)21)22-16(23)9-18(10-17(24)25)6-2-1-3-7-18/h4-5,8,15H,1-3,6-7,9-11H2,(H,22,23)(H,24,25). The maximum atomic E-state index is 13.3. The fraction of sp³-hybridized carbons (Fsp3) is 0.556. The van der Waals surface area contributed by atoms with E-state index in [2.05, 4.69) is 5.32 Å². The lowest BCUT2D eigenvalue weighted by atomic mass is 9.69. The summed E-state index contributed by atoms with van der Waals surface area (Å²) in [7, 11) is 0. The molecule has 0 bridgehead atoms. The fourth-order valence-corrected chi connectivity index (χ4v) is 3.45. The molecule has 0 spiro atoms. The lowest BCUT2D eigenvalue weighted by molar-refractivity contribution is -0.140. The predicted octanol–water partition coefficient (Wildman–Crippen LogP) is 4.22. The van der Waals surface area contributed by atoms with Crippen LogP contribution in [0.4, 0.5) is 18.9 Å². The van der Waals surface area contributed by atoms with Crippen molar-refractivity contribution in [3.05, 3.63) is 24.0 Å². The molecule has 1 fully saturated rings. The number of carbonyl (C=O) groups excluding carboxylic acids is 1. The van der Waals surface area contributed by atoms with Gasteiger partial charge in [0.05, 0.1) is 12.1 Å². The molecule has 1 saturated carbocycles. The molecule has 2 N–H and O–H groups in total. The normalized spacial score (nSPS) is 16.3. The summed E-state index contributed by atoms with van der Waals surface area (Å²) >= 11 is 0. The van der Waals surface area contributed by atoms with Crippen LogP contribution < -0.4 is 10.1 Å². The minimum absolute atomic E-state index is 0.00492. The van der Waals surface area contributed by atoms with Gasteiger partial charge in [0, 0.05) is 12.5 Å². The van der Waals surface area contributed by atoms with Crippen molar-refractivity contribution in [2.24, 2.45) is 5.41 Å². The smallest absolute Gasteiger partial charge is 0.303 e. The maximum Gasteiger partial charge on any atom is 0.303 e. The Hall–Kier alpha value is -2.25. The molecule has 0 saturated heterocycles. The zero-order chi connectivity index (χ0) is 19.2. The number of anilines is 1. The Morgan fingerprint density at radius 2 is 1.88 bits per heavy atom. The Balaban J connectivity index is 2.09. The molecule has 1 aromatic rings. The first-order chi connectivity index (χ1) is 12.3. The van der Waals surface area contributed by atoms with Gasteiger partial charge in [-0.2, -0.15) is 0 Å². The van der Waals surface area contributed by atoms with E-state index < -0.39 is 36.1 Å². The van der Waals surface area contributed by atoms with Crippen molar-refractivity contribution >= 4 is 17.6 Å². The Kier molecular flexibility index (Phi) is 6.88. The molecule has 1 aromatic carbocycles. The van der Waals surface area contributed by atoms with Gasteiger partial charge in [0.25, 0.3) is 6.43 Å². The summed E-state index contributed by atoms with van der Waals surface area (Å²) < 4.78 is 42.9. The number of nitrogens with one attached hydrogen (secondary N) is 1. The first-order valence-electron chi connectivity index (χ1n) is 8.52. The van der Waals surface area contributed by atoms with Gasteiger partial charge in [0.1, 0.15) is 18.2 Å². The highest BCUT2D eigenvalue weighted by Crippen LogP contribution is 2.42. The summed E-state index contributed by atoms with van der Waals surface area (Å²) in [5.41, 5.74) is -0.531. The zero-order valence-corrected chi connectivity index (χ0v) is 14.3. The molecule has 8 heteroatoms. The van der Waals surface area contributed by atoms with Crippen LogP contribution in [0.25, 0.3) is 0 Å². The van der Waals surface area contributed by atoms with Crippen LogP contribution in [0.3, 0.4) is 0 Å². The largest absolute Gasteiger partial charge is 0.485 e. The summed E-state index contributed by atoms with van der Waals surface area (Å²) in [5.74, 6) is -2.26. The molecule has 0 heterocycles. The second-order valence-corrected chi connectivity index (χ2v) is 6.70. The third-order valence-electron chi connectivity index (χ3n) is 4.56. The molecular weight excluding hydrogens is 351 g/mol. The van der Waals surface area contributed by atoms with Gasteiger partial charge in [-0.3, -0.25) is 9.59 Å². The van der Waals surface area contributed by atoms with Crippen LogP contribution in [0.5, 0.6) is 5.75 Å². The van der Waals surface area contributed by atoms with Gasteiger partial charge < -0.3 is 15.2 Å². The monoisotopic (exact) mass is 373 g/mol. The molecule has 26 heavy (non-hydrogen) atoms. The summed E-state index contributed by atoms with van der Waals surface area (Å²) in [6.07, 6.45) is 1.19. The number of hydrogen-bond acceptors (Lipinski definition) is 3. The number of aliphatic carboxylic acids is 1. The summed E-state index contributed by atoms with van der Waals surface area (Å²) in [6, 6.07) is 3.24. The van der Waals surface area contributed by atoms with Crippen LogP contribution in [-0.4, -0.2) is 30.0 Å². The summed E-state index contributed by atoms with van der Waals surface area (Å²) in [5, 5.41) is 11.7. The average molecular weight is 373 g/mol. The molecule has 5 nitrogen and oxygen atoms in total. The van der Waals surface area contributed by atoms with Crippen molar-refractivity contribution in [3.8, 4) is 5.75 Å². The van der Waals surface area contributed by atoms with Crippen molar-refractivity contribution in [1.82, 2.24) is 0 Å². The zero-order valence-electron chi connectivity index (χ0n) is 14.3. The van der Waals surface area contributed by atoms with Gasteiger partial charge in [-0.05, 0) is 30.4 Å². The van der Waals surface area contributed by atoms with Crippen molar-refractivity contribution in [1.29, 1.82) is 0 Å². The van der Waals surface area contributed by atoms with Crippen LogP contribution in [0.1, 0.15) is 44.9 Å². The van der Waals surface area contributed by atoms with Gasteiger partial charge in [-0.25, -0.2) is 13.2 Å². The van der Waals surface area contributed by atoms with Crippen LogP contribution in [-0.2, 0) is 9.59 Å². The van der Waals surface area contributed by atoms with E-state index in [1.165, 1.54) is 6.07 Å². The van der Waals surface area contributed by atoms with E-state index in [0.717, 1.165) is 31.4 Å². The van der Waals surface area contributed by atoms with Crippen LogP contribution >= 0.6 is 0 Å². The van der Waals surface area contributed by atoms with Crippen LogP contribution in [0.2, 0.25) is 0 Å². The van der Waals surface area contributed by atoms with E-state index in [9.17, 15) is 22.8 Å². The average Bonchev–Trinajstić information content (AvgIpc) is 2.54. The van der Waals surface area contributed by atoms with Gasteiger partial charge >= 0.3 is 5.97 Å². The van der Waals surface area contributed by atoms with Crippen LogP contribution in [0, 0.1) is 11.2 Å². The molecule has 0 atom stereocenters. The molecule has 0 radical (unpaired) electrons. The molecule has 1 amide bonds. The second-order valence-electron chi connectivity index (χ2n) is 6.70. The van der Waals surface area contributed by atoms with Crippen molar-refractivity contribution < 1.29 is 32.6 Å². The van der Waals surface area contributed by atoms with Gasteiger partial charge in [0.15, 0.2) is 0 Å². The summed E-state index contributed by atoms with van der Waals surface area (Å²) in [4.78, 5) is 23.6. The van der Waals surface area contributed by atoms with Crippen molar-refractivity contribution in [3.63, 3.8) is 0 Å². The number of carboxylic acid groups (broad SMARTS) is 1. The lowest BCUT2D eigenvalue weighted by Gasteiger charge is -2.35. The van der Waals surface area contributed by atoms with Gasteiger partial charge in [-0.15, -0.1) is 0 Å². The Labute approximate surface area is 149 Å². The number of amides is 1. The maximum absolute atomic E-state index is 13.3. The molecule has 2 rings (SSSR count). The number of halogens is 3. The number of carbonyl (C=O) groups is 2. The van der Waals surface area contributed by atoms with E-state index in [-0.39, 0.29) is 24.3 Å². The minimum atomic E-state index is -2.73. The van der Waals surface area contributed by atoms with E-state index in [4.69, 9.17) is 9.84 Å². The topological polar surface area (TPSA) is 75.6 Å². The number of hydrogen-bond donors (Lipinski definition) is 2. The highest BCUT2D eigenvalue weighted by molar-refractivity contribution is 5.93. The number of carboxylic acids is 1. The molecule has 1 aliphatic rings. The van der Waals surface area contributed by atoms with E-state index in [1.54, 1.807) is 0 Å². The number of ether oxygens (including phenoxy) is 1. The second kappa shape index (κ2) is 8.91. The van der Waals surface area contributed by atoms with E-state index >= 15 is 0 Å². The highest BCUT2D eigenvalue weighted by Gasteiger charge is 2.36. The Morgan fingerprint density at radius 3 is 2.50 bits per heavy atom. The van der Waals surface area contributed by atoms with Gasteiger partial charge in [-0.1, -0.05) is 19.3 Å². The fourth-order valence-electron chi connectivity index (χ4n) is 3.45. The Morgan fingerprint density at radius 1 is 1.19 bits per heavy atom. The minimum Gasteiger partial charge on any atom is -0.485 e. The summed E-state index contributed by atoms with van der Waals surface area (Å²) in [6.45, 7) is -0.921. The quantitative estimate of drug-likeness (QED) is 0.715. The number of alkyl halides is 2. The molecule has 1 aliphatic carbocycles. The Bertz CT molecular complexity index is 645. The highest BCUT2D eigenvalue weighted by atomic mass is 19.3. The number of benzene rings is 1. The molecule has 0 aromatic heterocycles. The van der Waals surface area contributed by atoms with Crippen molar-refractivity contribution in [2.75, 3.05) is 11.9 Å². The van der Waals surface area contributed by atoms with E-state index in [0.29, 0.717) is 12.8 Å². The molecular formula is C18H22F3NO4. The molecule has 0 aliphatic heterocycles. The van der Waals surface area contributed by atoms with Crippen LogP contribution in [0.15, 0.2) is 18.2 Å². The van der Waals surface area contributed by atoms with Gasteiger partial charge in [0.2, 0.25) is 5.91 Å². The predicted molar refractivity (Wildman–Crippen MR) is 88.9 cm³/mol. The first-order valence-corrected chi connectivity index (χ1v) is 8.52. The molecule has 144 valence electrons. The van der Waals surface area contributed by atoms with Crippen molar-refractivity contribution in [2.45, 2.75) is 51.4 Å². The SMILES string of the molecule is O=C(O)CC1(CC(=O)Nc2ccc(F)cc2OCC(F)F)CCCCC1. The molecule has 0 unspecified atom stereocenters. The third kappa shape index (κ3) is 5.93. The first kappa shape index (κ1) is 20.1. The third-order valence-corrected chi connectivity index (χ3v) is 4.56.